The molecule has 0 saturated carbocycles. The lowest BCUT2D eigenvalue weighted by molar-refractivity contribution is 0.0827. The van der Waals surface area contributed by atoms with E-state index in [0.717, 1.165) is 5.56 Å². The van der Waals surface area contributed by atoms with Crippen LogP contribution in [0.4, 0.5) is 5.82 Å². The Labute approximate surface area is 180 Å². The highest BCUT2D eigenvalue weighted by Gasteiger charge is 2.17. The fourth-order valence-electron chi connectivity index (χ4n) is 2.83. The lowest BCUT2D eigenvalue weighted by Gasteiger charge is -2.11. The highest BCUT2D eigenvalue weighted by molar-refractivity contribution is 6.03. The van der Waals surface area contributed by atoms with Gasteiger partial charge in [-0.05, 0) is 19.1 Å². The van der Waals surface area contributed by atoms with Crippen LogP contribution in [-0.4, -0.2) is 53.1 Å². The summed E-state index contributed by atoms with van der Waals surface area (Å²) in [4.78, 5) is 46.7. The van der Waals surface area contributed by atoms with E-state index in [4.69, 9.17) is 5.73 Å². The van der Waals surface area contributed by atoms with Crippen LogP contribution in [0.15, 0.2) is 54.7 Å². The quantitative estimate of drug-likeness (QED) is 0.595. The summed E-state index contributed by atoms with van der Waals surface area (Å²) in [6, 6.07) is 13.9. The molecule has 1 heterocycles. The number of nitrogens with two attached hydrogens (primary N) is 1. The maximum absolute atomic E-state index is 12.6. The van der Waals surface area contributed by atoms with Crippen molar-refractivity contribution in [1.82, 2.24) is 20.2 Å². The highest BCUT2D eigenvalue weighted by Crippen LogP contribution is 2.19. The number of Topliss-reactive ketones (excluding diaryl/α,β-unsaturated/α-hetero) is 1. The Balaban J connectivity index is 1.74. The molecule has 0 bridgehead atoms. The van der Waals surface area contributed by atoms with Crippen LogP contribution in [0.25, 0.3) is 11.3 Å². The maximum Gasteiger partial charge on any atom is 0.274 e. The number of aryl methyl sites for hydroxylation is 1. The number of carbonyl (C=O) groups excluding carboxylic acids is 3. The van der Waals surface area contributed by atoms with Crippen molar-refractivity contribution in [3.05, 3.63) is 77.1 Å². The van der Waals surface area contributed by atoms with Crippen LogP contribution in [0, 0.1) is 6.92 Å². The second kappa shape index (κ2) is 9.17. The largest absolute Gasteiger partial charge is 0.382 e. The molecule has 3 aromatic rings. The fourth-order valence-corrected chi connectivity index (χ4v) is 2.83. The molecular formula is C23H23N5O3. The summed E-state index contributed by atoms with van der Waals surface area (Å²) in [5.74, 6) is -0.972. The first-order chi connectivity index (χ1) is 14.8. The van der Waals surface area contributed by atoms with Crippen molar-refractivity contribution in [1.29, 1.82) is 0 Å². The van der Waals surface area contributed by atoms with E-state index < -0.39 is 5.91 Å². The van der Waals surface area contributed by atoms with Gasteiger partial charge in [0.15, 0.2) is 17.3 Å². The van der Waals surface area contributed by atoms with Crippen molar-refractivity contribution in [2.24, 2.45) is 0 Å². The molecule has 1 aromatic heterocycles. The van der Waals surface area contributed by atoms with Gasteiger partial charge in [-0.3, -0.25) is 14.4 Å². The van der Waals surface area contributed by atoms with Gasteiger partial charge in [-0.1, -0.05) is 42.0 Å². The van der Waals surface area contributed by atoms with E-state index in [2.05, 4.69) is 15.3 Å². The van der Waals surface area contributed by atoms with Crippen molar-refractivity contribution < 1.29 is 14.4 Å². The predicted octanol–water partition coefficient (Wildman–Crippen LogP) is 2.35. The van der Waals surface area contributed by atoms with Gasteiger partial charge in [0, 0.05) is 30.8 Å². The molecule has 2 aromatic carbocycles. The molecule has 0 radical (unpaired) electrons. The van der Waals surface area contributed by atoms with Gasteiger partial charge in [0.05, 0.1) is 18.4 Å². The third-order valence-corrected chi connectivity index (χ3v) is 4.63. The Bertz CT molecular complexity index is 1120. The molecule has 0 aliphatic carbocycles. The smallest absolute Gasteiger partial charge is 0.274 e. The second-order valence-electron chi connectivity index (χ2n) is 7.24. The van der Waals surface area contributed by atoms with Gasteiger partial charge in [0.2, 0.25) is 0 Å². The molecule has 0 aliphatic rings. The van der Waals surface area contributed by atoms with Gasteiger partial charge in [-0.2, -0.15) is 0 Å². The van der Waals surface area contributed by atoms with Gasteiger partial charge >= 0.3 is 0 Å². The molecule has 3 rings (SSSR count). The van der Waals surface area contributed by atoms with Crippen molar-refractivity contribution in [3.8, 4) is 11.3 Å². The molecule has 0 spiro atoms. The molecule has 0 aliphatic heterocycles. The number of hydrogen-bond donors (Lipinski definition) is 2. The summed E-state index contributed by atoms with van der Waals surface area (Å²) in [5, 5.41) is 2.55. The van der Waals surface area contributed by atoms with Gasteiger partial charge in [-0.25, -0.2) is 9.97 Å². The normalized spacial score (nSPS) is 10.4. The van der Waals surface area contributed by atoms with E-state index in [1.165, 1.54) is 11.1 Å². The number of nitrogens with one attached hydrogen (secondary N) is 1. The van der Waals surface area contributed by atoms with Crippen LogP contribution in [-0.2, 0) is 0 Å². The fraction of sp³-hybridized carbons (Fsp3) is 0.174. The average Bonchev–Trinajstić information content (AvgIpc) is 2.77. The lowest BCUT2D eigenvalue weighted by Crippen LogP contribution is -2.31. The Hall–Kier alpha value is -4.07. The third kappa shape index (κ3) is 5.11. The molecule has 158 valence electrons. The lowest BCUT2D eigenvalue weighted by atomic mass is 10.1. The van der Waals surface area contributed by atoms with Crippen LogP contribution in [0.3, 0.4) is 0 Å². The van der Waals surface area contributed by atoms with Crippen LogP contribution < -0.4 is 11.1 Å². The summed E-state index contributed by atoms with van der Waals surface area (Å²) in [7, 11) is 3.35. The first kappa shape index (κ1) is 21.6. The van der Waals surface area contributed by atoms with Crippen LogP contribution >= 0.6 is 0 Å². The van der Waals surface area contributed by atoms with Gasteiger partial charge in [-0.15, -0.1) is 0 Å². The summed E-state index contributed by atoms with van der Waals surface area (Å²) in [6.45, 7) is 1.74. The Morgan fingerprint density at radius 3 is 2.19 bits per heavy atom. The molecule has 3 N–H and O–H groups in total. The molecule has 0 fully saturated rings. The van der Waals surface area contributed by atoms with Crippen LogP contribution in [0.1, 0.15) is 36.8 Å². The number of nitrogen functional groups attached to an aromatic ring is 1. The minimum atomic E-state index is -0.591. The van der Waals surface area contributed by atoms with E-state index in [0.29, 0.717) is 22.4 Å². The van der Waals surface area contributed by atoms with Crippen molar-refractivity contribution in [3.63, 3.8) is 0 Å². The number of benzene rings is 2. The summed E-state index contributed by atoms with van der Waals surface area (Å²) < 4.78 is 0. The molecule has 2 amide bonds. The van der Waals surface area contributed by atoms with E-state index in [9.17, 15) is 14.4 Å². The summed E-state index contributed by atoms with van der Waals surface area (Å²) >= 11 is 0. The highest BCUT2D eigenvalue weighted by atomic mass is 16.2. The Kier molecular flexibility index (Phi) is 6.40. The van der Waals surface area contributed by atoms with Gasteiger partial charge in [0.1, 0.15) is 0 Å². The first-order valence-corrected chi connectivity index (χ1v) is 9.59. The Morgan fingerprint density at radius 1 is 0.968 bits per heavy atom. The number of nitrogens with zero attached hydrogens (tertiary/aromatic N) is 3. The van der Waals surface area contributed by atoms with E-state index in [1.54, 1.807) is 50.5 Å². The minimum absolute atomic E-state index is 0.0385. The third-order valence-electron chi connectivity index (χ3n) is 4.63. The second-order valence-corrected chi connectivity index (χ2v) is 7.24. The summed E-state index contributed by atoms with van der Waals surface area (Å²) in [5.41, 5.74) is 8.94. The predicted molar refractivity (Wildman–Crippen MR) is 118 cm³/mol. The molecule has 0 unspecified atom stereocenters. The molecule has 0 saturated heterocycles. The van der Waals surface area contributed by atoms with Crippen LogP contribution in [0.2, 0.25) is 0 Å². The molecule has 31 heavy (non-hydrogen) atoms. The molecular weight excluding hydrogens is 394 g/mol. The zero-order valence-electron chi connectivity index (χ0n) is 17.5. The van der Waals surface area contributed by atoms with E-state index in [-0.39, 0.29) is 29.7 Å². The van der Waals surface area contributed by atoms with E-state index in [1.807, 2.05) is 19.1 Å². The average molecular weight is 417 g/mol. The zero-order chi connectivity index (χ0) is 22.5. The first-order valence-electron chi connectivity index (χ1n) is 9.59. The maximum atomic E-state index is 12.6. The number of ketones is 1. The zero-order valence-corrected chi connectivity index (χ0v) is 17.5. The van der Waals surface area contributed by atoms with Crippen molar-refractivity contribution in [2.45, 2.75) is 6.92 Å². The molecule has 0 atom stereocenters. The Morgan fingerprint density at radius 2 is 1.58 bits per heavy atom. The topological polar surface area (TPSA) is 118 Å². The summed E-state index contributed by atoms with van der Waals surface area (Å²) in [6.07, 6.45) is 1.45. The number of amides is 2. The van der Waals surface area contributed by atoms with Crippen molar-refractivity contribution in [2.75, 3.05) is 26.4 Å². The number of aromatic nitrogens is 2. The SMILES string of the molecule is Cc1ccc(C(=O)CNC(=O)c2nc(-c3ccc(C(=O)N(C)C)cc3)cnc2N)cc1. The number of carbonyl (C=O) groups is 3. The monoisotopic (exact) mass is 417 g/mol. The molecule has 8 nitrogen and oxygen atoms in total. The van der Waals surface area contributed by atoms with Gasteiger partial charge < -0.3 is 16.0 Å². The standard InChI is InChI=1S/C23H23N5O3/c1-14-4-6-16(7-5-14)19(29)13-26-22(30)20-21(24)25-12-18(27-20)15-8-10-17(11-9-15)23(31)28(2)3/h4-12H,13H2,1-3H3,(H2,24,25)(H,26,30). The van der Waals surface area contributed by atoms with Crippen molar-refractivity contribution >= 4 is 23.4 Å². The number of anilines is 1. The number of hydrogen-bond acceptors (Lipinski definition) is 6. The minimum Gasteiger partial charge on any atom is -0.382 e. The van der Waals surface area contributed by atoms with E-state index >= 15 is 0 Å². The van der Waals surface area contributed by atoms with Crippen LogP contribution in [0.5, 0.6) is 0 Å². The molecule has 8 heteroatoms. The van der Waals surface area contributed by atoms with Gasteiger partial charge in [0.25, 0.3) is 11.8 Å². The number of rotatable bonds is 6.